The van der Waals surface area contributed by atoms with Crippen LogP contribution >= 0.6 is 0 Å². The predicted molar refractivity (Wildman–Crippen MR) is 61.4 cm³/mol. The molecule has 16 heavy (non-hydrogen) atoms. The summed E-state index contributed by atoms with van der Waals surface area (Å²) in [6.07, 6.45) is -2.41. The van der Waals surface area contributed by atoms with Crippen molar-refractivity contribution in [3.63, 3.8) is 0 Å². The van der Waals surface area contributed by atoms with Crippen molar-refractivity contribution < 1.29 is 13.2 Å². The molecule has 0 saturated heterocycles. The van der Waals surface area contributed by atoms with Crippen molar-refractivity contribution in [2.75, 3.05) is 0 Å². The number of halogens is 3. The lowest BCUT2D eigenvalue weighted by Crippen LogP contribution is -2.49. The Kier molecular flexibility index (Phi) is 6.38. The lowest BCUT2D eigenvalue weighted by Gasteiger charge is -2.28. The van der Waals surface area contributed by atoms with Crippen LogP contribution in [0.3, 0.4) is 0 Å². The van der Waals surface area contributed by atoms with Gasteiger partial charge in [-0.15, -0.1) is 0 Å². The fourth-order valence-corrected chi connectivity index (χ4v) is 1.64. The summed E-state index contributed by atoms with van der Waals surface area (Å²) in [5.74, 6) is 0.106. The van der Waals surface area contributed by atoms with Crippen molar-refractivity contribution in [1.82, 2.24) is 5.32 Å². The van der Waals surface area contributed by atoms with Gasteiger partial charge in [-0.3, -0.25) is 0 Å². The van der Waals surface area contributed by atoms with Crippen molar-refractivity contribution in [2.24, 2.45) is 11.8 Å². The van der Waals surface area contributed by atoms with E-state index in [-0.39, 0.29) is 6.04 Å². The minimum atomic E-state index is -4.15. The summed E-state index contributed by atoms with van der Waals surface area (Å²) in [6, 6.07) is -1.48. The maximum Gasteiger partial charge on any atom is 0.404 e. The Morgan fingerprint density at radius 2 is 1.44 bits per heavy atom. The summed E-state index contributed by atoms with van der Waals surface area (Å²) in [5, 5.41) is 2.69. The average Bonchev–Trinajstić information content (AvgIpc) is 2.08. The summed E-state index contributed by atoms with van der Waals surface area (Å²) >= 11 is 0. The van der Waals surface area contributed by atoms with E-state index in [0.717, 1.165) is 12.8 Å². The molecule has 0 aromatic carbocycles. The molecule has 0 radical (unpaired) electrons. The van der Waals surface area contributed by atoms with Crippen LogP contribution in [0.25, 0.3) is 0 Å². The highest BCUT2D eigenvalue weighted by atomic mass is 19.4. The first-order valence-electron chi connectivity index (χ1n) is 5.97. The molecule has 0 amide bonds. The van der Waals surface area contributed by atoms with Crippen LogP contribution in [-0.2, 0) is 0 Å². The Balaban J connectivity index is 4.20. The number of alkyl halides is 3. The summed E-state index contributed by atoms with van der Waals surface area (Å²) in [5.41, 5.74) is 0. The van der Waals surface area contributed by atoms with Crippen LogP contribution in [0.5, 0.6) is 0 Å². The summed E-state index contributed by atoms with van der Waals surface area (Å²) in [7, 11) is 0. The van der Waals surface area contributed by atoms with Crippen LogP contribution in [-0.4, -0.2) is 18.3 Å². The van der Waals surface area contributed by atoms with E-state index in [4.69, 9.17) is 0 Å². The van der Waals surface area contributed by atoms with Crippen molar-refractivity contribution >= 4 is 0 Å². The molecule has 1 N–H and O–H groups in total. The molecule has 0 rings (SSSR count). The van der Waals surface area contributed by atoms with Crippen molar-refractivity contribution in [2.45, 2.75) is 65.7 Å². The zero-order chi connectivity index (χ0) is 12.9. The summed E-state index contributed by atoms with van der Waals surface area (Å²) in [6.45, 7) is 9.18. The fraction of sp³-hybridized carbons (Fsp3) is 1.00. The molecule has 0 bridgehead atoms. The fourth-order valence-electron chi connectivity index (χ4n) is 1.64. The van der Waals surface area contributed by atoms with Crippen LogP contribution in [0.1, 0.15) is 47.5 Å². The minimum absolute atomic E-state index is 0.0866. The van der Waals surface area contributed by atoms with Gasteiger partial charge in [0.25, 0.3) is 0 Å². The molecule has 0 saturated carbocycles. The molecule has 0 aliphatic carbocycles. The highest BCUT2D eigenvalue weighted by Gasteiger charge is 2.41. The molecule has 4 heteroatoms. The smallest absolute Gasteiger partial charge is 0.303 e. The molecule has 0 aromatic rings. The summed E-state index contributed by atoms with van der Waals surface area (Å²) in [4.78, 5) is 0. The Hall–Kier alpha value is -0.250. The van der Waals surface area contributed by atoms with Gasteiger partial charge >= 0.3 is 6.18 Å². The van der Waals surface area contributed by atoms with Gasteiger partial charge in [0.1, 0.15) is 6.04 Å². The molecule has 0 aromatic heterocycles. The molecule has 0 unspecified atom stereocenters. The Morgan fingerprint density at radius 3 is 1.75 bits per heavy atom. The SMILES string of the molecule is CC(C)CC[C@H](C)N[C@H](C(C)C)C(F)(F)F. The molecule has 0 spiro atoms. The monoisotopic (exact) mass is 239 g/mol. The largest absolute Gasteiger partial charge is 0.404 e. The van der Waals surface area contributed by atoms with Gasteiger partial charge < -0.3 is 5.32 Å². The van der Waals surface area contributed by atoms with Gasteiger partial charge in [0, 0.05) is 6.04 Å². The molecule has 2 atom stereocenters. The van der Waals surface area contributed by atoms with Gasteiger partial charge in [-0.05, 0) is 31.6 Å². The maximum absolute atomic E-state index is 12.7. The molecule has 1 nitrogen and oxygen atoms in total. The predicted octanol–water partition coefficient (Wildman–Crippen LogP) is 3.99. The average molecular weight is 239 g/mol. The van der Waals surface area contributed by atoms with E-state index in [9.17, 15) is 13.2 Å². The van der Waals surface area contributed by atoms with E-state index in [0.29, 0.717) is 5.92 Å². The van der Waals surface area contributed by atoms with Crippen LogP contribution in [0.15, 0.2) is 0 Å². The first kappa shape index (κ1) is 15.8. The van der Waals surface area contributed by atoms with Gasteiger partial charge in [0.2, 0.25) is 0 Å². The number of nitrogens with one attached hydrogen (secondary N) is 1. The number of rotatable bonds is 6. The van der Waals surface area contributed by atoms with Gasteiger partial charge in [-0.1, -0.05) is 27.7 Å². The molecule has 0 heterocycles. The Morgan fingerprint density at radius 1 is 0.938 bits per heavy atom. The van der Waals surface area contributed by atoms with Gasteiger partial charge in [0.05, 0.1) is 0 Å². The van der Waals surface area contributed by atoms with Crippen LogP contribution in [0.4, 0.5) is 13.2 Å². The lowest BCUT2D eigenvalue weighted by atomic mass is 10.00. The Labute approximate surface area is 96.8 Å². The van der Waals surface area contributed by atoms with Crippen LogP contribution in [0, 0.1) is 11.8 Å². The zero-order valence-corrected chi connectivity index (χ0v) is 10.9. The number of hydrogen-bond acceptors (Lipinski definition) is 1. The van der Waals surface area contributed by atoms with Gasteiger partial charge in [0.15, 0.2) is 0 Å². The quantitative estimate of drug-likeness (QED) is 0.739. The molecule has 0 aliphatic rings. The van der Waals surface area contributed by atoms with Crippen molar-refractivity contribution in [1.29, 1.82) is 0 Å². The van der Waals surface area contributed by atoms with Crippen molar-refractivity contribution in [3.8, 4) is 0 Å². The second kappa shape index (κ2) is 6.48. The molecular weight excluding hydrogens is 215 g/mol. The summed E-state index contributed by atoms with van der Waals surface area (Å²) < 4.78 is 38.0. The number of hydrogen-bond donors (Lipinski definition) is 1. The van der Waals surface area contributed by atoms with Crippen molar-refractivity contribution in [3.05, 3.63) is 0 Å². The third-order valence-electron chi connectivity index (χ3n) is 2.66. The molecule has 0 aliphatic heterocycles. The van der Waals surface area contributed by atoms with E-state index in [1.54, 1.807) is 13.8 Å². The zero-order valence-electron chi connectivity index (χ0n) is 10.9. The highest BCUT2D eigenvalue weighted by molar-refractivity contribution is 4.81. The standard InChI is InChI=1S/C12H24F3N/c1-8(2)6-7-10(5)16-11(9(3)4)12(13,14)15/h8-11,16H,6-7H2,1-5H3/t10-,11+/m0/s1. The highest BCUT2D eigenvalue weighted by Crippen LogP contribution is 2.26. The molecular formula is C12H24F3N. The van der Waals surface area contributed by atoms with E-state index in [1.807, 2.05) is 6.92 Å². The maximum atomic E-state index is 12.7. The minimum Gasteiger partial charge on any atom is -0.303 e. The van der Waals surface area contributed by atoms with Crippen LogP contribution < -0.4 is 5.32 Å². The van der Waals surface area contributed by atoms with Crippen LogP contribution in [0.2, 0.25) is 0 Å². The van der Waals surface area contributed by atoms with E-state index in [1.165, 1.54) is 0 Å². The first-order valence-corrected chi connectivity index (χ1v) is 5.97. The molecule has 98 valence electrons. The van der Waals surface area contributed by atoms with Gasteiger partial charge in [-0.2, -0.15) is 13.2 Å². The van der Waals surface area contributed by atoms with E-state index in [2.05, 4.69) is 19.2 Å². The van der Waals surface area contributed by atoms with Gasteiger partial charge in [-0.25, -0.2) is 0 Å². The third-order valence-corrected chi connectivity index (χ3v) is 2.66. The normalized spacial score (nSPS) is 16.9. The van der Waals surface area contributed by atoms with E-state index >= 15 is 0 Å². The Bertz CT molecular complexity index is 187. The second-order valence-electron chi connectivity index (χ2n) is 5.30. The third kappa shape index (κ3) is 6.36. The second-order valence-corrected chi connectivity index (χ2v) is 5.30. The topological polar surface area (TPSA) is 12.0 Å². The lowest BCUT2D eigenvalue weighted by molar-refractivity contribution is -0.167. The first-order chi connectivity index (χ1) is 7.14. The van der Waals surface area contributed by atoms with E-state index < -0.39 is 18.1 Å². The molecule has 0 fully saturated rings.